The van der Waals surface area contributed by atoms with Crippen LogP contribution in [0.5, 0.6) is 0 Å². The Morgan fingerprint density at radius 1 is 1.50 bits per heavy atom. The van der Waals surface area contributed by atoms with Crippen molar-refractivity contribution in [3.63, 3.8) is 0 Å². The molecule has 1 unspecified atom stereocenters. The van der Waals surface area contributed by atoms with Crippen molar-refractivity contribution in [2.75, 3.05) is 12.3 Å². The molecule has 1 amide bonds. The van der Waals surface area contributed by atoms with Crippen LogP contribution in [0.4, 0.5) is 4.79 Å². The highest BCUT2D eigenvalue weighted by Crippen LogP contribution is 2.31. The summed E-state index contributed by atoms with van der Waals surface area (Å²) in [5.74, 6) is -1.23. The lowest BCUT2D eigenvalue weighted by Gasteiger charge is -2.22. The molecular formula is C14H20N2O6S2. The SMILES string of the molecule is CC(C)(C)OC(=O)N[C@@H](CSC(C[N+](=O)[O-])c1ccsc1)C(=O)O. The number of carboxylic acids is 1. The van der Waals surface area contributed by atoms with Gasteiger partial charge in [0.2, 0.25) is 6.54 Å². The van der Waals surface area contributed by atoms with Crippen molar-refractivity contribution in [2.24, 2.45) is 0 Å². The normalized spacial score (nSPS) is 13.8. The Kier molecular flexibility index (Phi) is 7.49. The number of amides is 1. The molecule has 1 rings (SSSR count). The number of carbonyl (C=O) groups excluding carboxylic acids is 1. The van der Waals surface area contributed by atoms with Crippen molar-refractivity contribution in [1.82, 2.24) is 5.32 Å². The summed E-state index contributed by atoms with van der Waals surface area (Å²) in [5.41, 5.74) is 0.0218. The van der Waals surface area contributed by atoms with Crippen LogP contribution in [0.3, 0.4) is 0 Å². The zero-order valence-corrected chi connectivity index (χ0v) is 15.2. The highest BCUT2D eigenvalue weighted by molar-refractivity contribution is 7.99. The lowest BCUT2D eigenvalue weighted by molar-refractivity contribution is -0.479. The minimum absolute atomic E-state index is 0.0110. The molecule has 0 spiro atoms. The molecule has 24 heavy (non-hydrogen) atoms. The maximum atomic E-state index is 11.7. The van der Waals surface area contributed by atoms with Gasteiger partial charge in [0.05, 0.1) is 5.25 Å². The highest BCUT2D eigenvalue weighted by Gasteiger charge is 2.27. The van der Waals surface area contributed by atoms with Gasteiger partial charge in [-0.05, 0) is 43.2 Å². The van der Waals surface area contributed by atoms with Gasteiger partial charge < -0.3 is 15.2 Å². The Morgan fingerprint density at radius 2 is 2.17 bits per heavy atom. The number of hydrogen-bond acceptors (Lipinski definition) is 7. The van der Waals surface area contributed by atoms with Gasteiger partial charge in [-0.3, -0.25) is 10.1 Å². The molecule has 0 aliphatic rings. The first-order valence-electron chi connectivity index (χ1n) is 7.06. The Morgan fingerprint density at radius 3 is 2.62 bits per heavy atom. The van der Waals surface area contributed by atoms with Gasteiger partial charge in [0.15, 0.2) is 0 Å². The summed E-state index contributed by atoms with van der Waals surface area (Å²) >= 11 is 2.53. The molecule has 2 N–H and O–H groups in total. The van der Waals surface area contributed by atoms with Crippen molar-refractivity contribution in [3.8, 4) is 0 Å². The monoisotopic (exact) mass is 376 g/mol. The van der Waals surface area contributed by atoms with Crippen molar-refractivity contribution in [2.45, 2.75) is 37.7 Å². The summed E-state index contributed by atoms with van der Waals surface area (Å²) in [6, 6.07) is 0.570. The van der Waals surface area contributed by atoms with Crippen LogP contribution in [-0.4, -0.2) is 46.0 Å². The van der Waals surface area contributed by atoms with E-state index in [1.807, 2.05) is 0 Å². The first-order chi connectivity index (χ1) is 11.1. The third-order valence-electron chi connectivity index (χ3n) is 2.68. The van der Waals surface area contributed by atoms with Crippen LogP contribution in [0.25, 0.3) is 0 Å². The first-order valence-corrected chi connectivity index (χ1v) is 9.05. The Labute approximate surface area is 147 Å². The summed E-state index contributed by atoms with van der Waals surface area (Å²) in [5, 5.41) is 25.4. The van der Waals surface area contributed by atoms with Crippen LogP contribution in [0, 0.1) is 10.1 Å². The van der Waals surface area contributed by atoms with Crippen molar-refractivity contribution in [1.29, 1.82) is 0 Å². The topological polar surface area (TPSA) is 119 Å². The maximum Gasteiger partial charge on any atom is 0.408 e. The van der Waals surface area contributed by atoms with Gasteiger partial charge in [-0.15, -0.1) is 11.8 Å². The molecule has 0 saturated heterocycles. The number of rotatable bonds is 8. The number of carbonyl (C=O) groups is 2. The second-order valence-corrected chi connectivity index (χ2v) is 7.95. The predicted molar refractivity (Wildman–Crippen MR) is 92.2 cm³/mol. The lowest BCUT2D eigenvalue weighted by atomic mass is 10.2. The average Bonchev–Trinajstić information content (AvgIpc) is 2.92. The van der Waals surface area contributed by atoms with Crippen LogP contribution in [0.2, 0.25) is 0 Å². The molecule has 0 radical (unpaired) electrons. The maximum absolute atomic E-state index is 11.7. The van der Waals surface area contributed by atoms with Gasteiger partial charge >= 0.3 is 12.1 Å². The number of nitrogens with one attached hydrogen (secondary N) is 1. The smallest absolute Gasteiger partial charge is 0.408 e. The number of hydrogen-bond donors (Lipinski definition) is 2. The minimum Gasteiger partial charge on any atom is -0.480 e. The van der Waals surface area contributed by atoms with E-state index in [0.717, 1.165) is 17.3 Å². The molecule has 0 aliphatic heterocycles. The van der Waals surface area contributed by atoms with Gasteiger partial charge in [0.1, 0.15) is 11.6 Å². The van der Waals surface area contributed by atoms with E-state index in [9.17, 15) is 24.8 Å². The summed E-state index contributed by atoms with van der Waals surface area (Å²) in [7, 11) is 0. The Balaban J connectivity index is 2.68. The fourth-order valence-electron chi connectivity index (χ4n) is 1.68. The Bertz CT molecular complexity index is 570. The van der Waals surface area contributed by atoms with E-state index in [-0.39, 0.29) is 12.3 Å². The molecule has 10 heteroatoms. The highest BCUT2D eigenvalue weighted by atomic mass is 32.2. The average molecular weight is 376 g/mol. The van der Waals surface area contributed by atoms with E-state index < -0.39 is 33.9 Å². The number of nitro groups is 1. The van der Waals surface area contributed by atoms with Crippen molar-refractivity contribution >= 4 is 35.2 Å². The van der Waals surface area contributed by atoms with E-state index in [1.54, 1.807) is 37.6 Å². The van der Waals surface area contributed by atoms with Gasteiger partial charge in [0.25, 0.3) is 0 Å². The fraction of sp³-hybridized carbons (Fsp3) is 0.571. The van der Waals surface area contributed by atoms with Gasteiger partial charge in [-0.25, -0.2) is 9.59 Å². The molecule has 0 bridgehead atoms. The molecule has 0 fully saturated rings. The molecule has 8 nitrogen and oxygen atoms in total. The number of nitrogens with zero attached hydrogens (tertiary/aromatic N) is 1. The molecule has 1 aromatic rings. The van der Waals surface area contributed by atoms with Crippen molar-refractivity contribution in [3.05, 3.63) is 32.5 Å². The van der Waals surface area contributed by atoms with E-state index in [1.165, 1.54) is 11.3 Å². The summed E-state index contributed by atoms with van der Waals surface area (Å²) in [6.45, 7) is 4.68. The Hall–Kier alpha value is -1.81. The van der Waals surface area contributed by atoms with Crippen LogP contribution < -0.4 is 5.32 Å². The summed E-state index contributed by atoms with van der Waals surface area (Å²) in [4.78, 5) is 33.4. The number of aliphatic carboxylic acids is 1. The molecule has 1 aromatic heterocycles. The number of carboxylic acid groups (broad SMARTS) is 1. The van der Waals surface area contributed by atoms with Crippen LogP contribution >= 0.6 is 23.1 Å². The van der Waals surface area contributed by atoms with E-state index in [4.69, 9.17) is 4.74 Å². The third kappa shape index (κ3) is 7.64. The molecular weight excluding hydrogens is 356 g/mol. The first kappa shape index (κ1) is 20.2. The molecule has 0 saturated carbocycles. The van der Waals surface area contributed by atoms with Gasteiger partial charge in [0, 0.05) is 10.7 Å². The van der Waals surface area contributed by atoms with Gasteiger partial charge in [-0.2, -0.15) is 11.3 Å². The molecule has 1 heterocycles. The molecule has 0 aromatic carbocycles. The van der Waals surface area contributed by atoms with E-state index >= 15 is 0 Å². The summed E-state index contributed by atoms with van der Waals surface area (Å²) in [6.07, 6.45) is -0.836. The van der Waals surface area contributed by atoms with E-state index in [0.29, 0.717) is 0 Å². The number of ether oxygens (including phenoxy) is 1. The standard InChI is InChI=1S/C14H20N2O6S2/c1-14(2,3)22-13(19)15-10(12(17)18)8-24-11(6-16(20)21)9-4-5-23-7-9/h4-5,7,10-11H,6,8H2,1-3H3,(H,15,19)(H,17,18)/t10-,11?/m0/s1. The second-order valence-electron chi connectivity index (χ2n) is 5.93. The van der Waals surface area contributed by atoms with E-state index in [2.05, 4.69) is 5.32 Å². The van der Waals surface area contributed by atoms with Crippen LogP contribution in [-0.2, 0) is 9.53 Å². The quantitative estimate of drug-likeness (QED) is 0.529. The molecule has 0 aliphatic carbocycles. The molecule has 134 valence electrons. The third-order valence-corrected chi connectivity index (χ3v) is 4.73. The number of thioether (sulfide) groups is 1. The largest absolute Gasteiger partial charge is 0.480 e. The van der Waals surface area contributed by atoms with Crippen LogP contribution in [0.1, 0.15) is 31.6 Å². The molecule has 2 atom stereocenters. The number of alkyl carbamates (subject to hydrolysis) is 1. The number of thiophene rings is 1. The van der Waals surface area contributed by atoms with Crippen molar-refractivity contribution < 1.29 is 24.4 Å². The van der Waals surface area contributed by atoms with Crippen LogP contribution in [0.15, 0.2) is 16.8 Å². The summed E-state index contributed by atoms with van der Waals surface area (Å²) < 4.78 is 5.03. The minimum atomic E-state index is -1.22. The second kappa shape index (κ2) is 8.88. The lowest BCUT2D eigenvalue weighted by Crippen LogP contribution is -2.45. The zero-order valence-electron chi connectivity index (χ0n) is 13.6. The zero-order chi connectivity index (χ0) is 18.3. The van der Waals surface area contributed by atoms with Gasteiger partial charge in [-0.1, -0.05) is 0 Å². The fourth-order valence-corrected chi connectivity index (χ4v) is 3.70. The predicted octanol–water partition coefficient (Wildman–Crippen LogP) is 2.78.